The van der Waals surface area contributed by atoms with E-state index in [1.807, 2.05) is 0 Å². The second kappa shape index (κ2) is 28.4. The van der Waals surface area contributed by atoms with E-state index in [1.54, 1.807) is 0 Å². The minimum absolute atomic E-state index is 0.296. The zero-order valence-corrected chi connectivity index (χ0v) is 34.6. The van der Waals surface area contributed by atoms with Gasteiger partial charge in [-0.1, -0.05) is 207 Å². The molecular formula is C46H90O3. The van der Waals surface area contributed by atoms with Crippen molar-refractivity contribution >= 4 is 0 Å². The molecule has 2 fully saturated rings. The molecule has 0 aromatic rings. The average molecular weight is 691 g/mol. The molecule has 0 spiro atoms. The molecular weight excluding hydrogens is 601 g/mol. The van der Waals surface area contributed by atoms with Crippen LogP contribution in [0.2, 0.25) is 0 Å². The van der Waals surface area contributed by atoms with E-state index in [4.69, 9.17) is 14.2 Å². The number of rotatable bonds is 36. The Labute approximate surface area is 308 Å². The van der Waals surface area contributed by atoms with E-state index in [-0.39, 0.29) is 0 Å². The summed E-state index contributed by atoms with van der Waals surface area (Å²) < 4.78 is 21.3. The SMILES string of the molecule is CCCCCCCCCCC(CCCCCCCC)C1(OC2(C(CCCCCCCC)CCCCCCCCCC)CC(C)O2)CC(C)O1. The minimum Gasteiger partial charge on any atom is -0.346 e. The van der Waals surface area contributed by atoms with Gasteiger partial charge in [0.15, 0.2) is 11.6 Å². The summed E-state index contributed by atoms with van der Waals surface area (Å²) in [6.45, 7) is 13.8. The molecule has 3 nitrogen and oxygen atoms in total. The Hall–Kier alpha value is -0.120. The number of hydrogen-bond donors (Lipinski definition) is 0. The average Bonchev–Trinajstić information content (AvgIpc) is 3.06. The quantitative estimate of drug-likeness (QED) is 0.0613. The smallest absolute Gasteiger partial charge is 0.177 e. The molecule has 2 heterocycles. The second-order valence-corrected chi connectivity index (χ2v) is 17.0. The van der Waals surface area contributed by atoms with Crippen molar-refractivity contribution in [2.75, 3.05) is 0 Å². The molecule has 0 radical (unpaired) electrons. The monoisotopic (exact) mass is 691 g/mol. The molecule has 0 bridgehead atoms. The van der Waals surface area contributed by atoms with E-state index in [2.05, 4.69) is 41.5 Å². The van der Waals surface area contributed by atoms with Crippen molar-refractivity contribution in [3.05, 3.63) is 0 Å². The van der Waals surface area contributed by atoms with Gasteiger partial charge in [-0.3, -0.25) is 0 Å². The third-order valence-corrected chi connectivity index (χ3v) is 12.2. The van der Waals surface area contributed by atoms with Gasteiger partial charge in [-0.25, -0.2) is 0 Å². The van der Waals surface area contributed by atoms with Crippen LogP contribution in [0.25, 0.3) is 0 Å². The van der Waals surface area contributed by atoms with Crippen molar-refractivity contribution in [2.24, 2.45) is 11.8 Å². The Morgan fingerprint density at radius 3 is 0.796 bits per heavy atom. The first kappa shape index (κ1) is 45.0. The normalized spacial score (nSPS) is 24.9. The van der Waals surface area contributed by atoms with Gasteiger partial charge in [-0.15, -0.1) is 0 Å². The van der Waals surface area contributed by atoms with Gasteiger partial charge in [-0.2, -0.15) is 0 Å². The summed E-state index contributed by atoms with van der Waals surface area (Å²) in [7, 11) is 0. The van der Waals surface area contributed by atoms with Crippen molar-refractivity contribution in [3.8, 4) is 0 Å². The highest BCUT2D eigenvalue weighted by atomic mass is 16.8. The molecule has 2 aliphatic heterocycles. The third kappa shape index (κ3) is 18.5. The van der Waals surface area contributed by atoms with Crippen LogP contribution >= 0.6 is 0 Å². The maximum absolute atomic E-state index is 7.55. The van der Waals surface area contributed by atoms with Crippen LogP contribution in [-0.4, -0.2) is 23.8 Å². The first-order chi connectivity index (χ1) is 23.9. The highest BCUT2D eigenvalue weighted by Gasteiger charge is 2.60. The van der Waals surface area contributed by atoms with E-state index in [0.717, 1.165) is 12.8 Å². The molecule has 0 amide bonds. The van der Waals surface area contributed by atoms with Gasteiger partial charge in [-0.05, 0) is 39.5 Å². The zero-order chi connectivity index (χ0) is 35.5. The van der Waals surface area contributed by atoms with Crippen LogP contribution in [0.1, 0.15) is 260 Å². The minimum atomic E-state index is -0.442. The van der Waals surface area contributed by atoms with Crippen LogP contribution in [0.15, 0.2) is 0 Å². The van der Waals surface area contributed by atoms with Crippen LogP contribution in [0, 0.1) is 11.8 Å². The van der Waals surface area contributed by atoms with Gasteiger partial charge in [0.2, 0.25) is 0 Å². The fourth-order valence-electron chi connectivity index (χ4n) is 9.14. The summed E-state index contributed by atoms with van der Waals surface area (Å²) >= 11 is 0. The summed E-state index contributed by atoms with van der Waals surface area (Å²) in [5, 5.41) is 0. The Balaban J connectivity index is 2.11. The standard InChI is InChI=1S/C46H90O3/c1-7-11-15-19-23-25-29-33-37-43(35-31-27-21-17-13-9-3)45(39-41(5)47-45)49-46(40-42(6)48-46)44(36-32-28-22-18-14-10-4)38-34-30-26-24-20-16-12-8-2/h41-44H,7-40H2,1-6H3. The fourth-order valence-corrected chi connectivity index (χ4v) is 9.14. The summed E-state index contributed by atoms with van der Waals surface area (Å²) in [4.78, 5) is 0. The van der Waals surface area contributed by atoms with Crippen molar-refractivity contribution < 1.29 is 14.2 Å². The fraction of sp³-hybridized carbons (Fsp3) is 1.00. The molecule has 292 valence electrons. The van der Waals surface area contributed by atoms with Crippen molar-refractivity contribution in [3.63, 3.8) is 0 Å². The number of hydrogen-bond acceptors (Lipinski definition) is 3. The van der Waals surface area contributed by atoms with E-state index in [0.29, 0.717) is 24.0 Å². The van der Waals surface area contributed by atoms with Gasteiger partial charge >= 0.3 is 0 Å². The topological polar surface area (TPSA) is 27.7 Å². The lowest BCUT2D eigenvalue weighted by Gasteiger charge is -2.60. The molecule has 6 unspecified atom stereocenters. The lowest BCUT2D eigenvalue weighted by molar-refractivity contribution is -0.480. The molecule has 49 heavy (non-hydrogen) atoms. The summed E-state index contributed by atoms with van der Waals surface area (Å²) in [5.41, 5.74) is 0. The van der Waals surface area contributed by atoms with Crippen LogP contribution in [-0.2, 0) is 14.2 Å². The summed E-state index contributed by atoms with van der Waals surface area (Å²) in [6.07, 6.45) is 46.1. The van der Waals surface area contributed by atoms with Crippen molar-refractivity contribution in [2.45, 2.75) is 284 Å². The lowest BCUT2D eigenvalue weighted by atomic mass is 9.77. The van der Waals surface area contributed by atoms with E-state index >= 15 is 0 Å². The van der Waals surface area contributed by atoms with Gasteiger partial charge in [0, 0.05) is 24.7 Å². The Morgan fingerprint density at radius 1 is 0.388 bits per heavy atom. The van der Waals surface area contributed by atoms with Crippen molar-refractivity contribution in [1.82, 2.24) is 0 Å². The largest absolute Gasteiger partial charge is 0.346 e. The number of ether oxygens (including phenoxy) is 3. The highest BCUT2D eigenvalue weighted by molar-refractivity contribution is 4.98. The summed E-state index contributed by atoms with van der Waals surface area (Å²) in [6, 6.07) is 0. The Morgan fingerprint density at radius 2 is 0.592 bits per heavy atom. The summed E-state index contributed by atoms with van der Waals surface area (Å²) in [5.74, 6) is 0.0965. The lowest BCUT2D eigenvalue weighted by Crippen LogP contribution is -2.66. The van der Waals surface area contributed by atoms with Gasteiger partial charge < -0.3 is 14.2 Å². The van der Waals surface area contributed by atoms with Gasteiger partial charge in [0.05, 0.1) is 12.2 Å². The maximum Gasteiger partial charge on any atom is 0.177 e. The molecule has 0 aromatic carbocycles. The predicted octanol–water partition coefficient (Wildman–Crippen LogP) is 15.8. The molecule has 2 aliphatic rings. The van der Waals surface area contributed by atoms with E-state index in [9.17, 15) is 0 Å². The third-order valence-electron chi connectivity index (χ3n) is 12.2. The molecule has 0 aromatic heterocycles. The van der Waals surface area contributed by atoms with Crippen LogP contribution in [0.5, 0.6) is 0 Å². The van der Waals surface area contributed by atoms with Gasteiger partial charge in [0.1, 0.15) is 0 Å². The van der Waals surface area contributed by atoms with E-state index < -0.39 is 11.6 Å². The molecule has 0 aliphatic carbocycles. The molecule has 0 N–H and O–H groups in total. The number of unbranched alkanes of at least 4 members (excludes halogenated alkanes) is 24. The molecule has 3 heteroatoms. The van der Waals surface area contributed by atoms with Gasteiger partial charge in [0.25, 0.3) is 0 Å². The first-order valence-electron chi connectivity index (χ1n) is 23.0. The maximum atomic E-state index is 7.55. The second-order valence-electron chi connectivity index (χ2n) is 17.0. The Bertz CT molecular complexity index is 664. The molecule has 2 saturated heterocycles. The Kier molecular flexibility index (Phi) is 26.1. The molecule has 0 saturated carbocycles. The van der Waals surface area contributed by atoms with E-state index in [1.165, 1.54) is 205 Å². The molecule has 6 atom stereocenters. The van der Waals surface area contributed by atoms with Crippen LogP contribution < -0.4 is 0 Å². The highest BCUT2D eigenvalue weighted by Crippen LogP contribution is 2.54. The first-order valence-corrected chi connectivity index (χ1v) is 23.0. The molecule has 2 rings (SSSR count). The predicted molar refractivity (Wildman–Crippen MR) is 214 cm³/mol. The van der Waals surface area contributed by atoms with Crippen LogP contribution in [0.3, 0.4) is 0 Å². The van der Waals surface area contributed by atoms with Crippen molar-refractivity contribution in [1.29, 1.82) is 0 Å². The zero-order valence-electron chi connectivity index (χ0n) is 34.6. The van der Waals surface area contributed by atoms with Crippen LogP contribution in [0.4, 0.5) is 0 Å².